The van der Waals surface area contributed by atoms with Crippen LogP contribution in [0.1, 0.15) is 45.1 Å². The Morgan fingerprint density at radius 2 is 1.89 bits per heavy atom. The molecule has 1 aromatic rings. The van der Waals surface area contributed by atoms with Gasteiger partial charge in [-0.05, 0) is 30.5 Å². The second kappa shape index (κ2) is 7.87. The molecule has 0 saturated carbocycles. The molecule has 1 amide bonds. The van der Waals surface area contributed by atoms with Crippen LogP contribution < -0.4 is 0 Å². The SMILES string of the molecule is CCCCN(Cc1ccc(F)c(F)c1)C(=O)CCC. The smallest absolute Gasteiger partial charge is 0.222 e. The number of hydrogen-bond donors (Lipinski definition) is 0. The summed E-state index contributed by atoms with van der Waals surface area (Å²) in [5.74, 6) is -1.65. The molecule has 0 atom stereocenters. The Labute approximate surface area is 113 Å². The highest BCUT2D eigenvalue weighted by molar-refractivity contribution is 5.76. The summed E-state index contributed by atoms with van der Waals surface area (Å²) in [6.45, 7) is 5.01. The Bertz CT molecular complexity index is 421. The topological polar surface area (TPSA) is 20.3 Å². The number of hydrogen-bond acceptors (Lipinski definition) is 1. The van der Waals surface area contributed by atoms with Crippen molar-refractivity contribution in [2.75, 3.05) is 6.54 Å². The first kappa shape index (κ1) is 15.6. The van der Waals surface area contributed by atoms with Crippen molar-refractivity contribution >= 4 is 5.91 Å². The quantitative estimate of drug-likeness (QED) is 0.735. The van der Waals surface area contributed by atoms with E-state index in [1.807, 2.05) is 6.92 Å². The van der Waals surface area contributed by atoms with Crippen molar-refractivity contribution in [3.63, 3.8) is 0 Å². The third-order valence-corrected chi connectivity index (χ3v) is 2.96. The fraction of sp³-hybridized carbons (Fsp3) is 0.533. The predicted octanol–water partition coefficient (Wildman–Crippen LogP) is 3.89. The molecular formula is C15H21F2NO. The molecule has 0 aromatic heterocycles. The largest absolute Gasteiger partial charge is 0.338 e. The van der Waals surface area contributed by atoms with Gasteiger partial charge in [0, 0.05) is 19.5 Å². The van der Waals surface area contributed by atoms with Crippen LogP contribution >= 0.6 is 0 Å². The summed E-state index contributed by atoms with van der Waals surface area (Å²) in [6, 6.07) is 3.79. The Kier molecular flexibility index (Phi) is 6.46. The lowest BCUT2D eigenvalue weighted by molar-refractivity contribution is -0.131. The molecule has 0 fully saturated rings. The molecule has 19 heavy (non-hydrogen) atoms. The molecule has 0 radical (unpaired) electrons. The van der Waals surface area contributed by atoms with E-state index in [4.69, 9.17) is 0 Å². The number of benzene rings is 1. The minimum atomic E-state index is -0.865. The van der Waals surface area contributed by atoms with E-state index in [1.54, 1.807) is 4.90 Å². The first-order valence-electron chi connectivity index (χ1n) is 6.80. The van der Waals surface area contributed by atoms with Crippen molar-refractivity contribution in [1.82, 2.24) is 4.90 Å². The van der Waals surface area contributed by atoms with Crippen molar-refractivity contribution in [3.8, 4) is 0 Å². The molecule has 106 valence electrons. The van der Waals surface area contributed by atoms with Crippen LogP contribution in [0.15, 0.2) is 18.2 Å². The molecule has 0 spiro atoms. The van der Waals surface area contributed by atoms with Crippen LogP contribution in [-0.4, -0.2) is 17.4 Å². The molecule has 0 bridgehead atoms. The van der Waals surface area contributed by atoms with E-state index in [2.05, 4.69) is 6.92 Å². The number of amides is 1. The molecule has 1 rings (SSSR count). The third kappa shape index (κ3) is 4.97. The Balaban J connectivity index is 2.74. The number of unbranched alkanes of at least 4 members (excludes halogenated alkanes) is 1. The maximum atomic E-state index is 13.2. The Morgan fingerprint density at radius 3 is 2.47 bits per heavy atom. The Hall–Kier alpha value is -1.45. The molecule has 0 saturated heterocycles. The van der Waals surface area contributed by atoms with Gasteiger partial charge in [0.25, 0.3) is 0 Å². The summed E-state index contributed by atoms with van der Waals surface area (Å²) in [7, 11) is 0. The van der Waals surface area contributed by atoms with Crippen molar-refractivity contribution in [3.05, 3.63) is 35.4 Å². The maximum absolute atomic E-state index is 13.2. The molecular weight excluding hydrogens is 248 g/mol. The number of carbonyl (C=O) groups excluding carboxylic acids is 1. The fourth-order valence-corrected chi connectivity index (χ4v) is 1.87. The van der Waals surface area contributed by atoms with Crippen LogP contribution in [0.4, 0.5) is 8.78 Å². The predicted molar refractivity (Wildman–Crippen MR) is 71.6 cm³/mol. The summed E-state index contributed by atoms with van der Waals surface area (Å²) in [5, 5.41) is 0. The van der Waals surface area contributed by atoms with Crippen molar-refractivity contribution < 1.29 is 13.6 Å². The van der Waals surface area contributed by atoms with E-state index in [1.165, 1.54) is 6.07 Å². The van der Waals surface area contributed by atoms with Crippen LogP contribution in [0.5, 0.6) is 0 Å². The first-order valence-corrected chi connectivity index (χ1v) is 6.80. The number of halogens is 2. The van der Waals surface area contributed by atoms with Gasteiger partial charge in [-0.25, -0.2) is 8.78 Å². The Morgan fingerprint density at radius 1 is 1.16 bits per heavy atom. The van der Waals surface area contributed by atoms with Crippen molar-refractivity contribution in [2.24, 2.45) is 0 Å². The van der Waals surface area contributed by atoms with Crippen LogP contribution in [0.25, 0.3) is 0 Å². The standard InChI is InChI=1S/C15H21F2NO/c1-3-5-9-18(15(19)6-4-2)11-12-7-8-13(16)14(17)10-12/h7-8,10H,3-6,9,11H2,1-2H3. The zero-order valence-electron chi connectivity index (χ0n) is 11.6. The highest BCUT2D eigenvalue weighted by atomic mass is 19.2. The molecule has 0 aliphatic carbocycles. The van der Waals surface area contributed by atoms with Gasteiger partial charge in [0.05, 0.1) is 0 Å². The minimum Gasteiger partial charge on any atom is -0.338 e. The highest BCUT2D eigenvalue weighted by Crippen LogP contribution is 2.13. The summed E-state index contributed by atoms with van der Waals surface area (Å²) in [6.07, 6.45) is 3.19. The van der Waals surface area contributed by atoms with E-state index >= 15 is 0 Å². The average molecular weight is 269 g/mol. The van der Waals surface area contributed by atoms with E-state index in [9.17, 15) is 13.6 Å². The third-order valence-electron chi connectivity index (χ3n) is 2.96. The second-order valence-electron chi connectivity index (χ2n) is 4.67. The van der Waals surface area contributed by atoms with Gasteiger partial charge in [0.15, 0.2) is 11.6 Å². The van der Waals surface area contributed by atoms with Crippen LogP contribution in [-0.2, 0) is 11.3 Å². The van der Waals surface area contributed by atoms with Crippen LogP contribution in [0.2, 0.25) is 0 Å². The van der Waals surface area contributed by atoms with Gasteiger partial charge in [0.1, 0.15) is 0 Å². The minimum absolute atomic E-state index is 0.0701. The molecule has 0 aliphatic heterocycles. The van der Waals surface area contributed by atoms with Crippen molar-refractivity contribution in [2.45, 2.75) is 46.1 Å². The van der Waals surface area contributed by atoms with Gasteiger partial charge < -0.3 is 4.90 Å². The molecule has 1 aromatic carbocycles. The van der Waals surface area contributed by atoms with Gasteiger partial charge >= 0.3 is 0 Å². The van der Waals surface area contributed by atoms with Gasteiger partial charge in [-0.15, -0.1) is 0 Å². The van der Waals surface area contributed by atoms with Crippen molar-refractivity contribution in [1.29, 1.82) is 0 Å². The second-order valence-corrected chi connectivity index (χ2v) is 4.67. The summed E-state index contributed by atoms with van der Waals surface area (Å²) in [5.41, 5.74) is 0.624. The molecule has 0 unspecified atom stereocenters. The lowest BCUT2D eigenvalue weighted by Gasteiger charge is -2.22. The van der Waals surface area contributed by atoms with Gasteiger partial charge in [-0.3, -0.25) is 4.79 Å². The first-order chi connectivity index (χ1) is 9.08. The fourth-order valence-electron chi connectivity index (χ4n) is 1.87. The van der Waals surface area contributed by atoms with Gasteiger partial charge in [-0.2, -0.15) is 0 Å². The molecule has 0 aliphatic rings. The van der Waals surface area contributed by atoms with Crippen LogP contribution in [0.3, 0.4) is 0 Å². The van der Waals surface area contributed by atoms with E-state index in [0.717, 1.165) is 31.4 Å². The number of carbonyl (C=O) groups is 1. The summed E-state index contributed by atoms with van der Waals surface area (Å²) < 4.78 is 26.0. The number of rotatable bonds is 7. The van der Waals surface area contributed by atoms with E-state index < -0.39 is 11.6 Å². The monoisotopic (exact) mass is 269 g/mol. The lowest BCUT2D eigenvalue weighted by atomic mass is 10.1. The van der Waals surface area contributed by atoms with E-state index in [0.29, 0.717) is 25.1 Å². The average Bonchev–Trinajstić information content (AvgIpc) is 2.39. The maximum Gasteiger partial charge on any atom is 0.222 e. The molecule has 2 nitrogen and oxygen atoms in total. The summed E-state index contributed by atoms with van der Waals surface area (Å²) >= 11 is 0. The van der Waals surface area contributed by atoms with Crippen LogP contribution in [0, 0.1) is 11.6 Å². The van der Waals surface area contributed by atoms with Gasteiger partial charge in [-0.1, -0.05) is 26.3 Å². The zero-order chi connectivity index (χ0) is 14.3. The van der Waals surface area contributed by atoms with E-state index in [-0.39, 0.29) is 5.91 Å². The molecule has 0 heterocycles. The lowest BCUT2D eigenvalue weighted by Crippen LogP contribution is -2.31. The normalized spacial score (nSPS) is 10.5. The molecule has 4 heteroatoms. The highest BCUT2D eigenvalue weighted by Gasteiger charge is 2.13. The molecule has 0 N–H and O–H groups in total. The van der Waals surface area contributed by atoms with Gasteiger partial charge in [0.2, 0.25) is 5.91 Å². The number of nitrogens with zero attached hydrogens (tertiary/aromatic N) is 1. The summed E-state index contributed by atoms with van der Waals surface area (Å²) in [4.78, 5) is 13.7. The zero-order valence-corrected chi connectivity index (χ0v) is 11.6.